The average molecular weight is 453 g/mol. The van der Waals surface area contributed by atoms with Crippen LogP contribution in [0.15, 0.2) is 18.2 Å². The summed E-state index contributed by atoms with van der Waals surface area (Å²) in [5.41, 5.74) is 1.28. The van der Waals surface area contributed by atoms with Gasteiger partial charge < -0.3 is 20.4 Å². The Morgan fingerprint density at radius 2 is 1.80 bits per heavy atom. The lowest BCUT2D eigenvalue weighted by Crippen LogP contribution is -2.51. The van der Waals surface area contributed by atoms with Gasteiger partial charge in [0.1, 0.15) is 0 Å². The Labute approximate surface area is 190 Å². The highest BCUT2D eigenvalue weighted by atomic mass is 35.5. The number of nitrogens with zero attached hydrogens (tertiary/aromatic N) is 2. The summed E-state index contributed by atoms with van der Waals surface area (Å²) in [5, 5.41) is 6.58. The van der Waals surface area contributed by atoms with Gasteiger partial charge in [0.2, 0.25) is 11.8 Å². The van der Waals surface area contributed by atoms with Crippen LogP contribution >= 0.6 is 23.8 Å². The summed E-state index contributed by atoms with van der Waals surface area (Å²) in [6.07, 6.45) is 1.27. The molecule has 166 valence electrons. The van der Waals surface area contributed by atoms with Crippen LogP contribution in [0.1, 0.15) is 47.5 Å². The molecule has 6 nitrogen and oxygen atoms in total. The van der Waals surface area contributed by atoms with Crippen LogP contribution in [0.2, 0.25) is 5.02 Å². The van der Waals surface area contributed by atoms with Gasteiger partial charge in [-0.25, -0.2) is 0 Å². The molecule has 1 aromatic carbocycles. The molecule has 1 aliphatic heterocycles. The summed E-state index contributed by atoms with van der Waals surface area (Å²) in [5.74, 6) is 0.556. The number of carbonyl (C=O) groups is 2. The smallest absolute Gasteiger partial charge is 0.228 e. The minimum absolute atomic E-state index is 0.0911. The predicted molar refractivity (Wildman–Crippen MR) is 128 cm³/mol. The number of amides is 2. The van der Waals surface area contributed by atoms with Crippen molar-refractivity contribution in [2.45, 2.75) is 47.5 Å². The lowest BCUT2D eigenvalue weighted by molar-refractivity contribution is -0.139. The monoisotopic (exact) mass is 452 g/mol. The van der Waals surface area contributed by atoms with Crippen molar-refractivity contribution in [3.8, 4) is 0 Å². The van der Waals surface area contributed by atoms with Gasteiger partial charge >= 0.3 is 0 Å². The summed E-state index contributed by atoms with van der Waals surface area (Å²) in [6, 6.07) is 5.63. The Hall–Kier alpha value is -1.86. The molecule has 0 saturated carbocycles. The highest BCUT2D eigenvalue weighted by Gasteiger charge is 2.30. The molecule has 0 aromatic heterocycles. The Morgan fingerprint density at radius 3 is 2.33 bits per heavy atom. The molecule has 0 spiro atoms. The van der Waals surface area contributed by atoms with E-state index in [1.165, 1.54) is 0 Å². The van der Waals surface area contributed by atoms with Crippen molar-refractivity contribution in [2.75, 3.05) is 36.4 Å². The molecule has 0 unspecified atom stereocenters. The Morgan fingerprint density at radius 1 is 1.17 bits per heavy atom. The molecular weight excluding hydrogens is 420 g/mol. The number of carbonyl (C=O) groups excluding carboxylic acids is 2. The number of benzene rings is 1. The van der Waals surface area contributed by atoms with Crippen LogP contribution < -0.4 is 15.5 Å². The quantitative estimate of drug-likeness (QED) is 0.652. The fraction of sp³-hybridized carbons (Fsp3) is 0.591. The maximum Gasteiger partial charge on any atom is 0.228 e. The summed E-state index contributed by atoms with van der Waals surface area (Å²) >= 11 is 11.7. The second-order valence-corrected chi connectivity index (χ2v) is 9.95. The van der Waals surface area contributed by atoms with Crippen LogP contribution in [0.4, 0.5) is 11.4 Å². The van der Waals surface area contributed by atoms with Crippen LogP contribution in [0.5, 0.6) is 0 Å². The SMILES string of the molecule is CC(C)CCC(=O)NC(=S)Nc1ccc(N2CCN(C(=O)C(C)(C)C)CC2)c(Cl)c1. The van der Waals surface area contributed by atoms with Crippen LogP contribution in [-0.2, 0) is 9.59 Å². The van der Waals surface area contributed by atoms with Crippen LogP contribution in [0.25, 0.3) is 0 Å². The Balaban J connectivity index is 1.91. The molecule has 2 N–H and O–H groups in total. The van der Waals surface area contributed by atoms with E-state index in [9.17, 15) is 9.59 Å². The normalized spacial score (nSPS) is 14.6. The van der Waals surface area contributed by atoms with Gasteiger partial charge in [-0.1, -0.05) is 46.2 Å². The third-order valence-corrected chi connectivity index (χ3v) is 5.46. The number of hydrogen-bond acceptors (Lipinski definition) is 4. The lowest BCUT2D eigenvalue weighted by Gasteiger charge is -2.39. The molecule has 1 heterocycles. The topological polar surface area (TPSA) is 64.7 Å². The number of thiocarbonyl (C=S) groups is 1. The van der Waals surface area contributed by atoms with E-state index < -0.39 is 0 Å². The Kier molecular flexibility index (Phi) is 8.50. The van der Waals surface area contributed by atoms with Crippen molar-refractivity contribution in [3.63, 3.8) is 0 Å². The molecule has 8 heteroatoms. The molecule has 0 aliphatic carbocycles. The molecule has 0 radical (unpaired) electrons. The minimum atomic E-state index is -0.365. The second kappa shape index (κ2) is 10.4. The zero-order valence-electron chi connectivity index (χ0n) is 18.5. The number of anilines is 2. The molecule has 1 fully saturated rings. The van der Waals surface area contributed by atoms with E-state index in [0.717, 1.165) is 30.9 Å². The van der Waals surface area contributed by atoms with Crippen molar-refractivity contribution in [1.82, 2.24) is 10.2 Å². The number of rotatable bonds is 5. The Bertz CT molecular complexity index is 784. The van der Waals surface area contributed by atoms with Crippen molar-refractivity contribution >= 4 is 52.1 Å². The maximum atomic E-state index is 12.5. The van der Waals surface area contributed by atoms with Crippen molar-refractivity contribution in [2.24, 2.45) is 11.3 Å². The van der Waals surface area contributed by atoms with E-state index in [4.69, 9.17) is 23.8 Å². The summed E-state index contributed by atoms with van der Waals surface area (Å²) in [6.45, 7) is 12.8. The maximum absolute atomic E-state index is 12.5. The minimum Gasteiger partial charge on any atom is -0.367 e. The van der Waals surface area contributed by atoms with Gasteiger partial charge in [0.15, 0.2) is 5.11 Å². The van der Waals surface area contributed by atoms with Gasteiger partial charge in [-0.05, 0) is 42.8 Å². The van der Waals surface area contributed by atoms with Gasteiger partial charge in [-0.3, -0.25) is 9.59 Å². The zero-order valence-corrected chi connectivity index (χ0v) is 20.1. The highest BCUT2D eigenvalue weighted by Crippen LogP contribution is 2.30. The van der Waals surface area contributed by atoms with E-state index in [2.05, 4.69) is 29.4 Å². The van der Waals surface area contributed by atoms with Crippen molar-refractivity contribution in [3.05, 3.63) is 23.2 Å². The van der Waals surface area contributed by atoms with E-state index in [-0.39, 0.29) is 22.3 Å². The van der Waals surface area contributed by atoms with E-state index in [1.807, 2.05) is 37.8 Å². The van der Waals surface area contributed by atoms with Gasteiger partial charge in [-0.2, -0.15) is 0 Å². The molecule has 0 bridgehead atoms. The fourth-order valence-corrected chi connectivity index (χ4v) is 3.77. The summed E-state index contributed by atoms with van der Waals surface area (Å²) < 4.78 is 0. The largest absolute Gasteiger partial charge is 0.367 e. The molecular formula is C22H33ClN4O2S. The standard InChI is InChI=1S/C22H33ClN4O2S/c1-15(2)6-9-19(28)25-21(30)24-16-7-8-18(17(23)14-16)26-10-12-27(13-11-26)20(29)22(3,4)5/h7-8,14-15H,6,9-13H2,1-5H3,(H2,24,25,28,30). The number of piperazine rings is 1. The van der Waals surface area contributed by atoms with E-state index in [1.54, 1.807) is 6.07 Å². The molecule has 2 amide bonds. The molecule has 2 rings (SSSR count). The summed E-state index contributed by atoms with van der Waals surface area (Å²) in [4.78, 5) is 28.5. The zero-order chi connectivity index (χ0) is 22.5. The second-order valence-electron chi connectivity index (χ2n) is 9.13. The summed E-state index contributed by atoms with van der Waals surface area (Å²) in [7, 11) is 0. The van der Waals surface area contributed by atoms with E-state index >= 15 is 0 Å². The molecule has 0 atom stereocenters. The average Bonchev–Trinajstić information content (AvgIpc) is 2.65. The molecule has 1 saturated heterocycles. The first kappa shape index (κ1) is 24.4. The first-order valence-electron chi connectivity index (χ1n) is 10.4. The van der Waals surface area contributed by atoms with Crippen LogP contribution in [0.3, 0.4) is 0 Å². The van der Waals surface area contributed by atoms with Gasteiger partial charge in [0.05, 0.1) is 10.7 Å². The predicted octanol–water partition coefficient (Wildman–Crippen LogP) is 4.28. The lowest BCUT2D eigenvalue weighted by atomic mass is 9.94. The molecule has 30 heavy (non-hydrogen) atoms. The van der Waals surface area contributed by atoms with Crippen molar-refractivity contribution in [1.29, 1.82) is 0 Å². The van der Waals surface area contributed by atoms with Gasteiger partial charge in [-0.15, -0.1) is 0 Å². The van der Waals surface area contributed by atoms with Gasteiger partial charge in [0.25, 0.3) is 0 Å². The van der Waals surface area contributed by atoms with Crippen LogP contribution in [0, 0.1) is 11.3 Å². The number of nitrogens with one attached hydrogen (secondary N) is 2. The van der Waals surface area contributed by atoms with Gasteiger partial charge in [0, 0.05) is 43.7 Å². The van der Waals surface area contributed by atoms with Crippen LogP contribution in [-0.4, -0.2) is 48.0 Å². The highest BCUT2D eigenvalue weighted by molar-refractivity contribution is 7.80. The number of hydrogen-bond donors (Lipinski definition) is 2. The van der Waals surface area contributed by atoms with Crippen molar-refractivity contribution < 1.29 is 9.59 Å². The molecule has 1 aromatic rings. The molecule has 1 aliphatic rings. The number of halogens is 1. The fourth-order valence-electron chi connectivity index (χ4n) is 3.24. The first-order chi connectivity index (χ1) is 14.0. The third-order valence-electron chi connectivity index (χ3n) is 4.96. The first-order valence-corrected chi connectivity index (χ1v) is 11.2. The third kappa shape index (κ3) is 7.13. The van der Waals surface area contributed by atoms with E-state index in [0.29, 0.717) is 30.5 Å².